The minimum absolute atomic E-state index is 0.00489. The first-order valence-electron chi connectivity index (χ1n) is 7.93. The van der Waals surface area contributed by atoms with E-state index in [-0.39, 0.29) is 11.6 Å². The molecule has 3 aromatic rings. The van der Waals surface area contributed by atoms with E-state index in [0.717, 1.165) is 11.4 Å². The number of nitrogens with zero attached hydrogens (tertiary/aromatic N) is 3. The first-order chi connectivity index (χ1) is 12.8. The first-order valence-corrected chi connectivity index (χ1v) is 8.69. The average Bonchev–Trinajstić information content (AvgIpc) is 3.19. The van der Waals surface area contributed by atoms with Crippen molar-refractivity contribution < 1.29 is 14.0 Å². The lowest BCUT2D eigenvalue weighted by atomic mass is 10.2. The van der Waals surface area contributed by atoms with E-state index in [2.05, 4.69) is 10.3 Å². The lowest BCUT2D eigenvalue weighted by molar-refractivity contribution is 0.0477. The molecule has 0 aliphatic carbocycles. The summed E-state index contributed by atoms with van der Waals surface area (Å²) in [7, 11) is 0. The van der Waals surface area contributed by atoms with Crippen molar-refractivity contribution in [3.63, 3.8) is 0 Å². The highest BCUT2D eigenvalue weighted by molar-refractivity contribution is 6.36. The molecule has 2 aromatic heterocycles. The van der Waals surface area contributed by atoms with Crippen LogP contribution in [0, 0.1) is 13.8 Å². The molecule has 0 aliphatic heterocycles. The fraction of sp³-hybridized carbons (Fsp3) is 0.167. The van der Waals surface area contributed by atoms with Crippen molar-refractivity contribution in [2.45, 2.75) is 20.4 Å². The van der Waals surface area contributed by atoms with E-state index in [9.17, 15) is 4.79 Å². The van der Waals surface area contributed by atoms with Crippen molar-refractivity contribution in [1.82, 2.24) is 9.78 Å². The van der Waals surface area contributed by atoms with Crippen molar-refractivity contribution in [3.05, 3.63) is 74.9 Å². The van der Waals surface area contributed by atoms with Gasteiger partial charge in [-0.05, 0) is 50.2 Å². The molecule has 0 saturated heterocycles. The van der Waals surface area contributed by atoms with E-state index in [1.165, 1.54) is 12.1 Å². The normalized spacial score (nSPS) is 11.6. The zero-order valence-electron chi connectivity index (χ0n) is 14.6. The van der Waals surface area contributed by atoms with Gasteiger partial charge in [0.05, 0.1) is 17.3 Å². The van der Waals surface area contributed by atoms with Crippen LogP contribution < -0.4 is 5.73 Å². The van der Waals surface area contributed by atoms with Crippen molar-refractivity contribution in [2.75, 3.05) is 0 Å². The van der Waals surface area contributed by atoms with Crippen molar-refractivity contribution in [2.24, 2.45) is 10.9 Å². The van der Waals surface area contributed by atoms with Gasteiger partial charge in [-0.1, -0.05) is 28.4 Å². The Morgan fingerprint density at radius 2 is 2.04 bits per heavy atom. The summed E-state index contributed by atoms with van der Waals surface area (Å²) in [5, 5.41) is 8.71. The van der Waals surface area contributed by atoms with Crippen molar-refractivity contribution in [1.29, 1.82) is 0 Å². The molecule has 0 amide bonds. The van der Waals surface area contributed by atoms with Gasteiger partial charge in [0.1, 0.15) is 5.76 Å². The topological polar surface area (TPSA) is 95.6 Å². The molecule has 1 aromatic carbocycles. The summed E-state index contributed by atoms with van der Waals surface area (Å²) < 4.78 is 7.28. The smallest absolute Gasteiger partial charge is 0.400 e. The maximum absolute atomic E-state index is 12.1. The van der Waals surface area contributed by atoms with Crippen LogP contribution in [0.2, 0.25) is 10.0 Å². The van der Waals surface area contributed by atoms with Gasteiger partial charge >= 0.3 is 5.97 Å². The lowest BCUT2D eigenvalue weighted by Crippen LogP contribution is -2.15. The third-order valence-corrected chi connectivity index (χ3v) is 4.25. The van der Waals surface area contributed by atoms with Gasteiger partial charge in [0, 0.05) is 16.3 Å². The van der Waals surface area contributed by atoms with Gasteiger partial charge in [-0.2, -0.15) is 5.10 Å². The highest BCUT2D eigenvalue weighted by Crippen LogP contribution is 2.21. The standard InChI is InChI=1S/C18H16Cl2N4O3/c1-10-7-11(2)24(22-10)9-13-4-6-16(26-13)18(25)27-23-17(21)14-5-3-12(19)8-15(14)20/h3-8H,9H2,1-2H3,(H2,21,23). The predicted octanol–water partition coefficient (Wildman–Crippen LogP) is 3.93. The molecule has 0 bridgehead atoms. The third kappa shape index (κ3) is 4.50. The summed E-state index contributed by atoms with van der Waals surface area (Å²) in [6, 6.07) is 9.83. The summed E-state index contributed by atoms with van der Waals surface area (Å²) in [5.74, 6) is -0.266. The Labute approximate surface area is 165 Å². The molecule has 0 atom stereocenters. The Bertz CT molecular complexity index is 1020. The van der Waals surface area contributed by atoms with Crippen LogP contribution in [-0.4, -0.2) is 21.6 Å². The number of oxime groups is 1. The summed E-state index contributed by atoms with van der Waals surface area (Å²) in [5.41, 5.74) is 8.10. The number of nitrogens with two attached hydrogens (primary N) is 1. The molecule has 0 saturated carbocycles. The van der Waals surface area contributed by atoms with Crippen LogP contribution in [0.3, 0.4) is 0 Å². The predicted molar refractivity (Wildman–Crippen MR) is 102 cm³/mol. The first kappa shape index (κ1) is 19.0. The van der Waals surface area contributed by atoms with Crippen LogP contribution in [-0.2, 0) is 11.4 Å². The molecule has 7 nitrogen and oxygen atoms in total. The second-order valence-corrected chi connectivity index (χ2v) is 6.67. The minimum atomic E-state index is -0.775. The number of amidine groups is 1. The molecule has 0 fully saturated rings. The van der Waals surface area contributed by atoms with E-state index in [4.69, 9.17) is 38.2 Å². The number of rotatable bonds is 5. The maximum Gasteiger partial charge on any atom is 0.400 e. The molecular weight excluding hydrogens is 391 g/mol. The van der Waals surface area contributed by atoms with Gasteiger partial charge in [0.2, 0.25) is 5.76 Å². The molecule has 0 unspecified atom stereocenters. The molecule has 0 aliphatic rings. The van der Waals surface area contributed by atoms with E-state index in [0.29, 0.717) is 27.9 Å². The second kappa shape index (κ2) is 7.85. The number of benzene rings is 1. The molecule has 2 heterocycles. The van der Waals surface area contributed by atoms with Gasteiger partial charge in [0.15, 0.2) is 5.84 Å². The number of carbonyl (C=O) groups excluding carboxylic acids is 1. The summed E-state index contributed by atoms with van der Waals surface area (Å²) in [4.78, 5) is 16.9. The maximum atomic E-state index is 12.1. The molecule has 9 heteroatoms. The second-order valence-electron chi connectivity index (χ2n) is 5.83. The highest BCUT2D eigenvalue weighted by atomic mass is 35.5. The van der Waals surface area contributed by atoms with E-state index < -0.39 is 5.97 Å². The monoisotopic (exact) mass is 406 g/mol. The number of carbonyl (C=O) groups is 1. The molecular formula is C18H16Cl2N4O3. The zero-order chi connectivity index (χ0) is 19.6. The Morgan fingerprint density at radius 3 is 2.70 bits per heavy atom. The van der Waals surface area contributed by atoms with Crippen LogP contribution in [0.4, 0.5) is 0 Å². The fourth-order valence-corrected chi connectivity index (χ4v) is 2.94. The Balaban J connectivity index is 1.68. The fourth-order valence-electron chi connectivity index (χ4n) is 2.44. The van der Waals surface area contributed by atoms with Gasteiger partial charge < -0.3 is 15.0 Å². The van der Waals surface area contributed by atoms with Crippen LogP contribution in [0.15, 0.2) is 46.0 Å². The SMILES string of the molecule is Cc1cc(C)n(Cc2ccc(C(=O)O/N=C(\N)c3ccc(Cl)cc3Cl)o2)n1. The molecule has 140 valence electrons. The highest BCUT2D eigenvalue weighted by Gasteiger charge is 2.15. The van der Waals surface area contributed by atoms with Gasteiger partial charge in [0.25, 0.3) is 0 Å². The number of hydrogen-bond donors (Lipinski definition) is 1. The largest absolute Gasteiger partial charge is 0.452 e. The number of aryl methyl sites for hydroxylation is 2. The van der Waals surface area contributed by atoms with Gasteiger partial charge in [-0.3, -0.25) is 4.68 Å². The van der Waals surface area contributed by atoms with Gasteiger partial charge in [-0.15, -0.1) is 0 Å². The Hall–Kier alpha value is -2.77. The van der Waals surface area contributed by atoms with Crippen molar-refractivity contribution in [3.8, 4) is 0 Å². The van der Waals surface area contributed by atoms with Crippen LogP contribution in [0.1, 0.15) is 33.3 Å². The average molecular weight is 407 g/mol. The van der Waals surface area contributed by atoms with Crippen LogP contribution >= 0.6 is 23.2 Å². The van der Waals surface area contributed by atoms with Crippen LogP contribution in [0.5, 0.6) is 0 Å². The summed E-state index contributed by atoms with van der Waals surface area (Å²) in [6.45, 7) is 4.25. The van der Waals surface area contributed by atoms with E-state index in [1.807, 2.05) is 19.9 Å². The third-order valence-electron chi connectivity index (χ3n) is 3.71. The lowest BCUT2D eigenvalue weighted by Gasteiger charge is -2.03. The molecule has 2 N–H and O–H groups in total. The Kier molecular flexibility index (Phi) is 5.53. The zero-order valence-corrected chi connectivity index (χ0v) is 16.1. The molecule has 0 spiro atoms. The summed E-state index contributed by atoms with van der Waals surface area (Å²) >= 11 is 11.9. The van der Waals surface area contributed by atoms with E-state index in [1.54, 1.807) is 22.9 Å². The number of aromatic nitrogens is 2. The molecule has 27 heavy (non-hydrogen) atoms. The number of halogens is 2. The molecule has 3 rings (SSSR count). The van der Waals surface area contributed by atoms with Gasteiger partial charge in [-0.25, -0.2) is 4.79 Å². The van der Waals surface area contributed by atoms with Crippen molar-refractivity contribution >= 4 is 35.0 Å². The number of furan rings is 1. The Morgan fingerprint density at radius 1 is 1.26 bits per heavy atom. The minimum Gasteiger partial charge on any atom is -0.452 e. The summed E-state index contributed by atoms with van der Waals surface area (Å²) in [6.07, 6.45) is 0. The quantitative estimate of drug-likeness (QED) is 0.299. The number of hydrogen-bond acceptors (Lipinski definition) is 5. The van der Waals surface area contributed by atoms with E-state index >= 15 is 0 Å². The molecule has 0 radical (unpaired) electrons. The van der Waals surface area contributed by atoms with Crippen LogP contribution in [0.25, 0.3) is 0 Å².